The molecule has 4 heteroatoms. The van der Waals surface area contributed by atoms with Gasteiger partial charge < -0.3 is 10.6 Å². The highest BCUT2D eigenvalue weighted by atomic mass is 15.1. The normalized spacial score (nSPS) is 15.4. The predicted molar refractivity (Wildman–Crippen MR) is 71.4 cm³/mol. The maximum absolute atomic E-state index is 4.34. The lowest BCUT2D eigenvalue weighted by Crippen LogP contribution is -2.17. The van der Waals surface area contributed by atoms with Crippen molar-refractivity contribution in [2.45, 2.75) is 39.0 Å². The molecule has 2 rings (SSSR count). The van der Waals surface area contributed by atoms with Crippen molar-refractivity contribution in [3.8, 4) is 0 Å². The molecule has 0 aromatic carbocycles. The van der Waals surface area contributed by atoms with E-state index in [1.165, 1.54) is 31.2 Å². The monoisotopic (exact) mass is 234 g/mol. The van der Waals surface area contributed by atoms with E-state index in [0.29, 0.717) is 0 Å². The number of nitrogens with one attached hydrogen (secondary N) is 2. The molecule has 1 heterocycles. The molecule has 0 aliphatic heterocycles. The van der Waals surface area contributed by atoms with Crippen LogP contribution in [0.4, 0.5) is 11.6 Å². The highest BCUT2D eigenvalue weighted by Crippen LogP contribution is 2.29. The van der Waals surface area contributed by atoms with Crippen LogP contribution in [0.15, 0.2) is 6.33 Å². The third kappa shape index (κ3) is 2.87. The summed E-state index contributed by atoms with van der Waals surface area (Å²) in [5.74, 6) is 2.87. The Bertz CT molecular complexity index is 360. The summed E-state index contributed by atoms with van der Waals surface area (Å²) in [6.45, 7) is 3.16. The van der Waals surface area contributed by atoms with E-state index in [1.807, 2.05) is 7.05 Å². The molecule has 0 atom stereocenters. The van der Waals surface area contributed by atoms with Crippen molar-refractivity contribution >= 4 is 11.6 Å². The number of rotatable bonds is 6. The molecule has 0 radical (unpaired) electrons. The quantitative estimate of drug-likeness (QED) is 0.794. The van der Waals surface area contributed by atoms with Crippen molar-refractivity contribution in [1.82, 2.24) is 9.97 Å². The van der Waals surface area contributed by atoms with Gasteiger partial charge in [0, 0.05) is 19.2 Å². The molecule has 17 heavy (non-hydrogen) atoms. The van der Waals surface area contributed by atoms with Gasteiger partial charge in [-0.1, -0.05) is 26.2 Å². The molecule has 0 spiro atoms. The maximum Gasteiger partial charge on any atom is 0.134 e. The Morgan fingerprint density at radius 2 is 2.06 bits per heavy atom. The van der Waals surface area contributed by atoms with Gasteiger partial charge in [0.15, 0.2) is 0 Å². The molecular formula is C13H22N4. The molecule has 4 nitrogen and oxygen atoms in total. The van der Waals surface area contributed by atoms with Gasteiger partial charge in [0.05, 0.1) is 0 Å². The van der Waals surface area contributed by atoms with Gasteiger partial charge in [-0.15, -0.1) is 0 Å². The van der Waals surface area contributed by atoms with Gasteiger partial charge in [-0.25, -0.2) is 9.97 Å². The standard InChI is InChI=1S/C13H22N4/c1-3-11-12(14-2)16-9-17-13(11)15-8-7-10-5-4-6-10/h9-10H,3-8H2,1-2H3,(H2,14,15,16,17). The van der Waals surface area contributed by atoms with Crippen LogP contribution >= 0.6 is 0 Å². The van der Waals surface area contributed by atoms with E-state index in [0.717, 1.165) is 30.5 Å². The molecule has 0 amide bonds. The second-order valence-corrected chi connectivity index (χ2v) is 4.67. The van der Waals surface area contributed by atoms with Crippen LogP contribution in [0.1, 0.15) is 38.2 Å². The Hall–Kier alpha value is -1.32. The minimum atomic E-state index is 0.939. The molecule has 1 aromatic rings. The first kappa shape index (κ1) is 12.1. The molecule has 0 saturated heterocycles. The third-order valence-electron chi connectivity index (χ3n) is 3.61. The highest BCUT2D eigenvalue weighted by Gasteiger charge is 2.17. The molecule has 0 bridgehead atoms. The summed E-state index contributed by atoms with van der Waals surface area (Å²) in [6, 6.07) is 0. The smallest absolute Gasteiger partial charge is 0.134 e. The third-order valence-corrected chi connectivity index (χ3v) is 3.61. The first-order valence-corrected chi connectivity index (χ1v) is 6.60. The molecular weight excluding hydrogens is 212 g/mol. The average Bonchev–Trinajstić information content (AvgIpc) is 2.31. The van der Waals surface area contributed by atoms with Crippen molar-refractivity contribution in [1.29, 1.82) is 0 Å². The fraction of sp³-hybridized carbons (Fsp3) is 0.692. The second-order valence-electron chi connectivity index (χ2n) is 4.67. The van der Waals surface area contributed by atoms with Crippen molar-refractivity contribution < 1.29 is 0 Å². The SMILES string of the molecule is CCc1c(NC)ncnc1NCCC1CCC1. The van der Waals surface area contributed by atoms with E-state index in [4.69, 9.17) is 0 Å². The fourth-order valence-electron chi connectivity index (χ4n) is 2.29. The molecule has 2 N–H and O–H groups in total. The summed E-state index contributed by atoms with van der Waals surface area (Å²) in [6.07, 6.45) is 8.07. The van der Waals surface area contributed by atoms with Crippen molar-refractivity contribution in [3.63, 3.8) is 0 Å². The summed E-state index contributed by atoms with van der Waals surface area (Å²) < 4.78 is 0. The average molecular weight is 234 g/mol. The van der Waals surface area contributed by atoms with E-state index in [1.54, 1.807) is 6.33 Å². The number of hydrogen-bond acceptors (Lipinski definition) is 4. The summed E-state index contributed by atoms with van der Waals surface area (Å²) in [7, 11) is 1.90. The lowest BCUT2D eigenvalue weighted by Gasteiger charge is -2.25. The highest BCUT2D eigenvalue weighted by molar-refractivity contribution is 5.56. The van der Waals surface area contributed by atoms with Crippen LogP contribution in [-0.2, 0) is 6.42 Å². The Kier molecular flexibility index (Phi) is 4.18. The topological polar surface area (TPSA) is 49.8 Å². The van der Waals surface area contributed by atoms with Gasteiger partial charge in [-0.3, -0.25) is 0 Å². The minimum Gasteiger partial charge on any atom is -0.373 e. The largest absolute Gasteiger partial charge is 0.373 e. The lowest BCUT2D eigenvalue weighted by atomic mass is 9.83. The summed E-state index contributed by atoms with van der Waals surface area (Å²) >= 11 is 0. The van der Waals surface area contributed by atoms with E-state index in [-0.39, 0.29) is 0 Å². The van der Waals surface area contributed by atoms with Crippen LogP contribution in [0.25, 0.3) is 0 Å². The summed E-state index contributed by atoms with van der Waals surface area (Å²) in [5.41, 5.74) is 1.18. The zero-order valence-corrected chi connectivity index (χ0v) is 10.8. The van der Waals surface area contributed by atoms with Crippen molar-refractivity contribution in [3.05, 3.63) is 11.9 Å². The minimum absolute atomic E-state index is 0.939. The zero-order chi connectivity index (χ0) is 12.1. The van der Waals surface area contributed by atoms with Crippen LogP contribution in [0, 0.1) is 5.92 Å². The second kappa shape index (κ2) is 5.84. The van der Waals surface area contributed by atoms with Gasteiger partial charge >= 0.3 is 0 Å². The molecule has 1 aliphatic rings. The van der Waals surface area contributed by atoms with Gasteiger partial charge in [0.2, 0.25) is 0 Å². The van der Waals surface area contributed by atoms with Gasteiger partial charge in [-0.2, -0.15) is 0 Å². The molecule has 1 aliphatic carbocycles. The molecule has 0 unspecified atom stereocenters. The Balaban J connectivity index is 1.93. The summed E-state index contributed by atoms with van der Waals surface area (Å²) in [5, 5.41) is 6.56. The van der Waals surface area contributed by atoms with Crippen LogP contribution in [0.2, 0.25) is 0 Å². The van der Waals surface area contributed by atoms with E-state index < -0.39 is 0 Å². The van der Waals surface area contributed by atoms with Gasteiger partial charge in [0.1, 0.15) is 18.0 Å². The maximum atomic E-state index is 4.34. The first-order valence-electron chi connectivity index (χ1n) is 6.60. The Labute approximate surface area is 103 Å². The van der Waals surface area contributed by atoms with Gasteiger partial charge in [0.25, 0.3) is 0 Å². The summed E-state index contributed by atoms with van der Waals surface area (Å²) in [4.78, 5) is 8.57. The van der Waals surface area contributed by atoms with Crippen LogP contribution in [0.3, 0.4) is 0 Å². The first-order chi connectivity index (χ1) is 8.35. The van der Waals surface area contributed by atoms with Crippen molar-refractivity contribution in [2.75, 3.05) is 24.2 Å². The van der Waals surface area contributed by atoms with E-state index in [2.05, 4.69) is 27.5 Å². The lowest BCUT2D eigenvalue weighted by molar-refractivity contribution is 0.303. The van der Waals surface area contributed by atoms with Crippen molar-refractivity contribution in [2.24, 2.45) is 5.92 Å². The molecule has 1 saturated carbocycles. The predicted octanol–water partition coefficient (Wildman–Crippen LogP) is 2.68. The zero-order valence-electron chi connectivity index (χ0n) is 10.8. The molecule has 94 valence electrons. The molecule has 1 fully saturated rings. The van der Waals surface area contributed by atoms with Gasteiger partial charge in [-0.05, 0) is 18.8 Å². The van der Waals surface area contributed by atoms with E-state index in [9.17, 15) is 0 Å². The fourth-order valence-corrected chi connectivity index (χ4v) is 2.29. The molecule has 1 aromatic heterocycles. The van der Waals surface area contributed by atoms with Crippen LogP contribution < -0.4 is 10.6 Å². The van der Waals surface area contributed by atoms with Crippen LogP contribution in [0.5, 0.6) is 0 Å². The Morgan fingerprint density at radius 1 is 1.29 bits per heavy atom. The number of nitrogens with zero attached hydrogens (tertiary/aromatic N) is 2. The number of anilines is 2. The van der Waals surface area contributed by atoms with Crippen LogP contribution in [-0.4, -0.2) is 23.6 Å². The Morgan fingerprint density at radius 3 is 2.65 bits per heavy atom. The van der Waals surface area contributed by atoms with E-state index >= 15 is 0 Å². The number of hydrogen-bond donors (Lipinski definition) is 2. The number of aromatic nitrogens is 2.